The smallest absolute Gasteiger partial charge is 0.408 e. The van der Waals surface area contributed by atoms with Crippen LogP contribution in [0.2, 0.25) is 0 Å². The maximum Gasteiger partial charge on any atom is 0.419 e. The molecule has 0 aliphatic heterocycles. The van der Waals surface area contributed by atoms with Crippen LogP contribution in [-0.4, -0.2) is 17.7 Å². The summed E-state index contributed by atoms with van der Waals surface area (Å²) >= 11 is 0. The molecule has 0 unspecified atom stereocenters. The van der Waals surface area contributed by atoms with Crippen LogP contribution in [0.25, 0.3) is 11.1 Å². The Bertz CT molecular complexity index is 647. The van der Waals surface area contributed by atoms with Gasteiger partial charge in [-0.05, 0) is 43.0 Å². The maximum absolute atomic E-state index is 11.4. The Kier molecular flexibility index (Phi) is 2.86. The summed E-state index contributed by atoms with van der Waals surface area (Å²) in [4.78, 5) is 11.4. The zero-order valence-electron chi connectivity index (χ0n) is 11.1. The first-order valence-electron chi connectivity index (χ1n) is 6.67. The third-order valence-electron chi connectivity index (χ3n) is 4.31. The van der Waals surface area contributed by atoms with Crippen molar-refractivity contribution in [3.05, 3.63) is 28.7 Å². The molecule has 1 fully saturated rings. The topological polar surface area (TPSA) is 73.2 Å². The monoisotopic (exact) mass is 261 g/mol. The van der Waals surface area contributed by atoms with Gasteiger partial charge in [0.25, 0.3) is 0 Å². The molecule has 0 bridgehead atoms. The second kappa shape index (κ2) is 4.42. The zero-order chi connectivity index (χ0) is 13.5. The first-order valence-corrected chi connectivity index (χ1v) is 6.67. The van der Waals surface area contributed by atoms with Crippen LogP contribution in [0.15, 0.2) is 27.4 Å². The predicted molar refractivity (Wildman–Crippen MR) is 75.3 cm³/mol. The van der Waals surface area contributed by atoms with Crippen LogP contribution in [0.1, 0.15) is 19.3 Å². The van der Waals surface area contributed by atoms with Crippen LogP contribution in [0.5, 0.6) is 0 Å². The van der Waals surface area contributed by atoms with Crippen molar-refractivity contribution < 1.29 is 4.42 Å². The van der Waals surface area contributed by atoms with Gasteiger partial charge >= 0.3 is 5.76 Å². The summed E-state index contributed by atoms with van der Waals surface area (Å²) in [6.45, 7) is 1.62. The highest BCUT2D eigenvalue weighted by Gasteiger charge is 2.35. The molecule has 5 nitrogen and oxygen atoms in total. The average Bonchev–Trinajstić information content (AvgIpc) is 2.65. The van der Waals surface area contributed by atoms with Crippen LogP contribution in [0, 0.1) is 5.41 Å². The molecular formula is C14H19N3O2. The van der Waals surface area contributed by atoms with Gasteiger partial charge in [-0.2, -0.15) is 0 Å². The molecular weight excluding hydrogens is 242 g/mol. The molecule has 1 aliphatic carbocycles. The van der Waals surface area contributed by atoms with Gasteiger partial charge in [0.1, 0.15) is 0 Å². The van der Waals surface area contributed by atoms with E-state index in [0.29, 0.717) is 5.58 Å². The number of aromatic nitrogens is 1. The summed E-state index contributed by atoms with van der Waals surface area (Å²) in [5.41, 5.74) is 8.55. The van der Waals surface area contributed by atoms with E-state index >= 15 is 0 Å². The Labute approximate surface area is 111 Å². The lowest BCUT2D eigenvalue weighted by Crippen LogP contribution is -2.42. The van der Waals surface area contributed by atoms with E-state index < -0.39 is 0 Å². The zero-order valence-corrected chi connectivity index (χ0v) is 11.1. The standard InChI is InChI=1S/C14H19N3O2/c1-17-11-7-10(3-4-12(11)19-13(17)18)16-9-14(8-15)5-2-6-14/h3-4,7,16H,2,5-6,8-9,15H2,1H3. The highest BCUT2D eigenvalue weighted by Crippen LogP contribution is 2.39. The third kappa shape index (κ3) is 2.04. The first kappa shape index (κ1) is 12.3. The van der Waals surface area contributed by atoms with Gasteiger partial charge in [0, 0.05) is 19.3 Å². The number of oxazole rings is 1. The van der Waals surface area contributed by atoms with Crippen LogP contribution in [0.4, 0.5) is 5.69 Å². The lowest BCUT2D eigenvalue weighted by Gasteiger charge is -2.41. The minimum Gasteiger partial charge on any atom is -0.408 e. The number of nitrogens with one attached hydrogen (secondary N) is 1. The predicted octanol–water partition coefficient (Wildman–Crippen LogP) is 1.67. The van der Waals surface area contributed by atoms with Gasteiger partial charge in [-0.25, -0.2) is 4.79 Å². The quantitative estimate of drug-likeness (QED) is 0.878. The van der Waals surface area contributed by atoms with Crippen molar-refractivity contribution in [3.63, 3.8) is 0 Å². The molecule has 19 heavy (non-hydrogen) atoms. The fraction of sp³-hybridized carbons (Fsp3) is 0.500. The molecule has 0 radical (unpaired) electrons. The molecule has 0 atom stereocenters. The van der Waals surface area contributed by atoms with E-state index in [1.807, 2.05) is 18.2 Å². The van der Waals surface area contributed by atoms with Crippen LogP contribution < -0.4 is 16.8 Å². The number of nitrogens with two attached hydrogens (primary N) is 1. The Morgan fingerprint density at radius 1 is 1.47 bits per heavy atom. The van der Waals surface area contributed by atoms with Crippen molar-refractivity contribution in [2.24, 2.45) is 18.2 Å². The van der Waals surface area contributed by atoms with Gasteiger partial charge in [0.05, 0.1) is 5.52 Å². The summed E-state index contributed by atoms with van der Waals surface area (Å²) < 4.78 is 6.63. The number of fused-ring (bicyclic) bond motifs is 1. The number of rotatable bonds is 4. The number of hydrogen-bond donors (Lipinski definition) is 2. The Balaban J connectivity index is 1.81. The van der Waals surface area contributed by atoms with E-state index in [0.717, 1.165) is 24.3 Å². The van der Waals surface area contributed by atoms with Gasteiger partial charge in [-0.3, -0.25) is 4.57 Å². The minimum absolute atomic E-state index is 0.261. The summed E-state index contributed by atoms with van der Waals surface area (Å²) in [6, 6.07) is 5.71. The maximum atomic E-state index is 11.4. The molecule has 0 saturated heterocycles. The second-order valence-electron chi connectivity index (χ2n) is 5.52. The van der Waals surface area contributed by atoms with Gasteiger partial charge in [0.15, 0.2) is 5.58 Å². The van der Waals surface area contributed by atoms with Crippen LogP contribution in [-0.2, 0) is 7.05 Å². The number of hydrogen-bond acceptors (Lipinski definition) is 4. The minimum atomic E-state index is -0.329. The Hall–Kier alpha value is -1.75. The van der Waals surface area contributed by atoms with Crippen molar-refractivity contribution >= 4 is 16.8 Å². The van der Waals surface area contributed by atoms with E-state index in [1.54, 1.807) is 7.05 Å². The largest absolute Gasteiger partial charge is 0.419 e. The lowest BCUT2D eigenvalue weighted by molar-refractivity contribution is 0.163. The molecule has 0 spiro atoms. The van der Waals surface area contributed by atoms with E-state index in [1.165, 1.54) is 23.8 Å². The molecule has 1 aliphatic rings. The van der Waals surface area contributed by atoms with E-state index in [9.17, 15) is 4.79 Å². The molecule has 1 aromatic carbocycles. The Morgan fingerprint density at radius 2 is 2.26 bits per heavy atom. The fourth-order valence-corrected chi connectivity index (χ4v) is 2.66. The average molecular weight is 261 g/mol. The summed E-state index contributed by atoms with van der Waals surface area (Å²) in [6.07, 6.45) is 3.67. The van der Waals surface area contributed by atoms with Gasteiger partial charge in [-0.15, -0.1) is 0 Å². The van der Waals surface area contributed by atoms with Crippen molar-refractivity contribution in [3.8, 4) is 0 Å². The molecule has 3 N–H and O–H groups in total. The molecule has 1 heterocycles. The molecule has 102 valence electrons. The van der Waals surface area contributed by atoms with Crippen molar-refractivity contribution in [1.82, 2.24) is 4.57 Å². The van der Waals surface area contributed by atoms with Crippen LogP contribution in [0.3, 0.4) is 0 Å². The summed E-state index contributed by atoms with van der Waals surface area (Å²) in [5.74, 6) is -0.329. The molecule has 0 amide bonds. The highest BCUT2D eigenvalue weighted by molar-refractivity contribution is 5.77. The molecule has 3 rings (SSSR count). The van der Waals surface area contributed by atoms with Gasteiger partial charge < -0.3 is 15.5 Å². The number of anilines is 1. The number of benzene rings is 1. The van der Waals surface area contributed by atoms with E-state index in [-0.39, 0.29) is 11.2 Å². The second-order valence-corrected chi connectivity index (χ2v) is 5.52. The van der Waals surface area contributed by atoms with Crippen LogP contribution >= 0.6 is 0 Å². The first-order chi connectivity index (χ1) is 9.13. The molecule has 5 heteroatoms. The van der Waals surface area contributed by atoms with Crippen molar-refractivity contribution in [1.29, 1.82) is 0 Å². The third-order valence-corrected chi connectivity index (χ3v) is 4.31. The molecule has 1 saturated carbocycles. The highest BCUT2D eigenvalue weighted by atomic mass is 16.4. The molecule has 1 aromatic heterocycles. The lowest BCUT2D eigenvalue weighted by atomic mass is 9.69. The summed E-state index contributed by atoms with van der Waals surface area (Å²) in [5, 5.41) is 3.43. The van der Waals surface area contributed by atoms with E-state index in [2.05, 4.69) is 5.32 Å². The SMILES string of the molecule is Cn1c(=O)oc2ccc(NCC3(CN)CCC3)cc21. The van der Waals surface area contributed by atoms with Gasteiger partial charge in [0.2, 0.25) is 0 Å². The number of aryl methyl sites for hydroxylation is 1. The fourth-order valence-electron chi connectivity index (χ4n) is 2.66. The Morgan fingerprint density at radius 3 is 2.89 bits per heavy atom. The van der Waals surface area contributed by atoms with Crippen molar-refractivity contribution in [2.75, 3.05) is 18.4 Å². The summed E-state index contributed by atoms with van der Waals surface area (Å²) in [7, 11) is 1.71. The van der Waals surface area contributed by atoms with Crippen molar-refractivity contribution in [2.45, 2.75) is 19.3 Å². The number of nitrogens with zero attached hydrogens (tertiary/aromatic N) is 1. The molecule has 2 aromatic rings. The van der Waals surface area contributed by atoms with Gasteiger partial charge in [-0.1, -0.05) is 6.42 Å². The normalized spacial score (nSPS) is 17.4. The van der Waals surface area contributed by atoms with E-state index in [4.69, 9.17) is 10.2 Å².